The third-order valence-corrected chi connectivity index (χ3v) is 6.93. The Bertz CT molecular complexity index is 1300. The van der Waals surface area contributed by atoms with Crippen molar-refractivity contribution in [2.45, 2.75) is 38.0 Å². The number of piperidine rings is 1. The molecule has 0 bridgehead atoms. The van der Waals surface area contributed by atoms with E-state index in [0.29, 0.717) is 37.0 Å². The minimum atomic E-state index is -0.147. The van der Waals surface area contributed by atoms with Crippen LogP contribution in [0.2, 0.25) is 0 Å². The second kappa shape index (κ2) is 8.31. The number of ether oxygens (including phenoxy) is 2. The maximum absolute atomic E-state index is 12.6. The van der Waals surface area contributed by atoms with Crippen LogP contribution in [0.25, 0.3) is 11.2 Å². The molecule has 2 aromatic heterocycles. The minimum absolute atomic E-state index is 0.0414. The third-order valence-electron chi connectivity index (χ3n) is 6.93. The fourth-order valence-corrected chi connectivity index (χ4v) is 5.24. The Balaban J connectivity index is 1.06. The Morgan fingerprint density at radius 1 is 1.00 bits per heavy atom. The highest BCUT2D eigenvalue weighted by molar-refractivity contribution is 5.71. The molecule has 0 unspecified atom stereocenters. The van der Waals surface area contributed by atoms with Crippen LogP contribution in [0.5, 0.6) is 11.5 Å². The second-order valence-electron chi connectivity index (χ2n) is 9.05. The van der Waals surface area contributed by atoms with Gasteiger partial charge in [-0.1, -0.05) is 6.07 Å². The Labute approximate surface area is 190 Å². The van der Waals surface area contributed by atoms with Crippen molar-refractivity contribution in [1.82, 2.24) is 24.3 Å². The van der Waals surface area contributed by atoms with E-state index < -0.39 is 0 Å². The van der Waals surface area contributed by atoms with Crippen LogP contribution in [-0.2, 0) is 13.1 Å². The van der Waals surface area contributed by atoms with Crippen molar-refractivity contribution in [2.24, 2.45) is 0 Å². The van der Waals surface area contributed by atoms with E-state index in [1.807, 2.05) is 6.07 Å². The van der Waals surface area contributed by atoms with Crippen LogP contribution in [0, 0.1) is 0 Å². The molecule has 3 aliphatic rings. The van der Waals surface area contributed by atoms with E-state index in [9.17, 15) is 9.59 Å². The first-order valence-electron chi connectivity index (χ1n) is 11.6. The summed E-state index contributed by atoms with van der Waals surface area (Å²) < 4.78 is 14.7. The maximum atomic E-state index is 12.6. The van der Waals surface area contributed by atoms with Crippen molar-refractivity contribution in [3.8, 4) is 11.5 Å². The van der Waals surface area contributed by atoms with E-state index in [4.69, 9.17) is 9.47 Å². The highest BCUT2D eigenvalue weighted by atomic mass is 16.6. The number of nitrogens with one attached hydrogen (secondary N) is 1. The molecule has 1 fully saturated rings. The lowest BCUT2D eigenvalue weighted by Crippen LogP contribution is -2.44. The summed E-state index contributed by atoms with van der Waals surface area (Å²) in [6.45, 7) is 5.21. The molecular weight excluding hydrogens is 422 g/mol. The number of likely N-dealkylation sites (tertiary alicyclic amines) is 1. The van der Waals surface area contributed by atoms with Gasteiger partial charge in [0.2, 0.25) is 0 Å². The predicted octanol–water partition coefficient (Wildman–Crippen LogP) is 1.14. The zero-order chi connectivity index (χ0) is 22.4. The SMILES string of the molecule is O=c1cnc2ccc(=O)n3c2n1C[C@H]3CN1CCC(NCc2ccc3c(c2)OCCO3)CC1. The van der Waals surface area contributed by atoms with Gasteiger partial charge in [-0.25, -0.2) is 4.98 Å². The van der Waals surface area contributed by atoms with Crippen LogP contribution in [0.4, 0.5) is 0 Å². The number of pyridine rings is 1. The molecule has 0 aliphatic carbocycles. The number of benzene rings is 1. The van der Waals surface area contributed by atoms with Crippen LogP contribution >= 0.6 is 0 Å². The van der Waals surface area contributed by atoms with E-state index in [2.05, 4.69) is 27.3 Å². The Morgan fingerprint density at radius 2 is 1.82 bits per heavy atom. The molecule has 6 rings (SSSR count). The van der Waals surface area contributed by atoms with Gasteiger partial charge < -0.3 is 19.7 Å². The summed E-state index contributed by atoms with van der Waals surface area (Å²) >= 11 is 0. The van der Waals surface area contributed by atoms with Crippen molar-refractivity contribution < 1.29 is 9.47 Å². The van der Waals surface area contributed by atoms with Gasteiger partial charge in [0, 0.05) is 31.7 Å². The molecule has 9 nitrogen and oxygen atoms in total. The highest BCUT2D eigenvalue weighted by Crippen LogP contribution is 2.31. The van der Waals surface area contributed by atoms with Gasteiger partial charge in [0.25, 0.3) is 11.1 Å². The molecule has 172 valence electrons. The number of fused-ring (bicyclic) bond motifs is 1. The Kier molecular flexibility index (Phi) is 5.15. The van der Waals surface area contributed by atoms with E-state index >= 15 is 0 Å². The smallest absolute Gasteiger partial charge is 0.270 e. The average molecular weight is 450 g/mol. The molecule has 3 aromatic rings. The van der Waals surface area contributed by atoms with Gasteiger partial charge in [0.1, 0.15) is 24.4 Å². The first kappa shape index (κ1) is 20.4. The molecule has 1 aromatic carbocycles. The zero-order valence-electron chi connectivity index (χ0n) is 18.4. The standard InChI is InChI=1S/C24H27N5O4/c30-22-4-2-19-24-28(23(31)13-26-19)15-18(29(22)24)14-27-7-5-17(6-8-27)25-12-16-1-3-20-21(11-16)33-10-9-32-20/h1-4,11,13,17-18,25H,5-10,12,14-15H2/t18-/m1/s1. The second-order valence-corrected chi connectivity index (χ2v) is 9.05. The molecule has 3 aliphatic heterocycles. The van der Waals surface area contributed by atoms with Gasteiger partial charge in [-0.15, -0.1) is 0 Å². The van der Waals surface area contributed by atoms with Crippen LogP contribution in [0.15, 0.2) is 46.1 Å². The summed E-state index contributed by atoms with van der Waals surface area (Å²) in [6, 6.07) is 9.79. The fourth-order valence-electron chi connectivity index (χ4n) is 5.24. The van der Waals surface area contributed by atoms with Crippen molar-refractivity contribution in [1.29, 1.82) is 0 Å². The molecule has 0 saturated carbocycles. The van der Waals surface area contributed by atoms with Gasteiger partial charge in [0.15, 0.2) is 11.5 Å². The highest BCUT2D eigenvalue weighted by Gasteiger charge is 2.29. The summed E-state index contributed by atoms with van der Waals surface area (Å²) in [5.74, 6) is 1.65. The van der Waals surface area contributed by atoms with Gasteiger partial charge in [-0.3, -0.25) is 18.7 Å². The molecule has 9 heteroatoms. The van der Waals surface area contributed by atoms with Gasteiger partial charge in [-0.2, -0.15) is 0 Å². The number of hydrogen-bond acceptors (Lipinski definition) is 7. The average Bonchev–Trinajstić information content (AvgIpc) is 3.23. The first-order chi connectivity index (χ1) is 16.2. The monoisotopic (exact) mass is 449 g/mol. The molecule has 1 atom stereocenters. The minimum Gasteiger partial charge on any atom is -0.486 e. The number of aromatic nitrogens is 3. The van der Waals surface area contributed by atoms with Crippen molar-refractivity contribution in [3.05, 3.63) is 62.8 Å². The van der Waals surface area contributed by atoms with Crippen LogP contribution < -0.4 is 25.9 Å². The van der Waals surface area contributed by atoms with Crippen molar-refractivity contribution in [2.75, 3.05) is 32.8 Å². The maximum Gasteiger partial charge on any atom is 0.270 e. The van der Waals surface area contributed by atoms with Gasteiger partial charge in [-0.05, 0) is 49.7 Å². The summed E-state index contributed by atoms with van der Waals surface area (Å²) in [6.07, 6.45) is 3.44. The largest absolute Gasteiger partial charge is 0.486 e. The Hall–Kier alpha value is -3.17. The van der Waals surface area contributed by atoms with Crippen LogP contribution in [-0.4, -0.2) is 57.9 Å². The number of hydrogen-bond donors (Lipinski definition) is 1. The summed E-state index contributed by atoms with van der Waals surface area (Å²) in [5.41, 5.74) is 2.32. The molecular formula is C24H27N5O4. The predicted molar refractivity (Wildman–Crippen MR) is 123 cm³/mol. The van der Waals surface area contributed by atoms with Gasteiger partial charge >= 0.3 is 0 Å². The summed E-state index contributed by atoms with van der Waals surface area (Å²) in [7, 11) is 0. The van der Waals surface area contributed by atoms with Gasteiger partial charge in [0.05, 0.1) is 12.2 Å². The summed E-state index contributed by atoms with van der Waals surface area (Å²) in [5, 5.41) is 3.67. The van der Waals surface area contributed by atoms with E-state index in [1.165, 1.54) is 11.8 Å². The normalized spacial score (nSPS) is 20.4. The van der Waals surface area contributed by atoms with E-state index in [0.717, 1.165) is 50.5 Å². The Morgan fingerprint density at radius 3 is 2.67 bits per heavy atom. The van der Waals surface area contributed by atoms with E-state index in [-0.39, 0.29) is 17.2 Å². The third kappa shape index (κ3) is 3.81. The molecule has 1 saturated heterocycles. The number of nitrogens with zero attached hydrogens (tertiary/aromatic N) is 4. The molecule has 0 spiro atoms. The van der Waals surface area contributed by atoms with Crippen molar-refractivity contribution in [3.63, 3.8) is 0 Å². The molecule has 1 N–H and O–H groups in total. The zero-order valence-corrected chi connectivity index (χ0v) is 18.4. The molecule has 5 heterocycles. The van der Waals surface area contributed by atoms with E-state index in [1.54, 1.807) is 21.3 Å². The number of rotatable bonds is 5. The van der Waals surface area contributed by atoms with Crippen LogP contribution in [0.1, 0.15) is 24.4 Å². The topological polar surface area (TPSA) is 90.6 Å². The van der Waals surface area contributed by atoms with Crippen LogP contribution in [0.3, 0.4) is 0 Å². The molecule has 33 heavy (non-hydrogen) atoms. The first-order valence-corrected chi connectivity index (χ1v) is 11.6. The molecule has 0 amide bonds. The summed E-state index contributed by atoms with van der Waals surface area (Å²) in [4.78, 5) is 31.5. The quantitative estimate of drug-likeness (QED) is 0.625. The fraction of sp³-hybridized carbons (Fsp3) is 0.458. The van der Waals surface area contributed by atoms with Crippen molar-refractivity contribution >= 4 is 11.2 Å². The lowest BCUT2D eigenvalue weighted by atomic mass is 10.0. The lowest BCUT2D eigenvalue weighted by molar-refractivity contribution is 0.169. The molecule has 0 radical (unpaired) electrons. The lowest BCUT2D eigenvalue weighted by Gasteiger charge is -2.34.